The molecule has 0 aromatic heterocycles. The Bertz CT molecular complexity index is 1050. The second-order valence-electron chi connectivity index (χ2n) is 6.93. The van der Waals surface area contributed by atoms with Crippen LogP contribution in [0.15, 0.2) is 48.5 Å². The van der Waals surface area contributed by atoms with Gasteiger partial charge in [-0.3, -0.25) is 29.4 Å². The number of halogens is 2. The first-order valence-corrected chi connectivity index (χ1v) is 9.71. The number of hydrogen-bond acceptors (Lipinski definition) is 7. The van der Waals surface area contributed by atoms with Crippen LogP contribution in [0.2, 0.25) is 0 Å². The Morgan fingerprint density at radius 1 is 0.909 bits per heavy atom. The SMILES string of the molecule is O=C(COC(=O)c1ccc(CN2C(=O)CCC2=O)cc1)NC(=O)c1ccc(OC(F)F)cc1. The molecule has 1 saturated heterocycles. The molecule has 2 aromatic carbocycles. The summed E-state index contributed by atoms with van der Waals surface area (Å²) in [6.45, 7) is -3.63. The van der Waals surface area contributed by atoms with Gasteiger partial charge in [-0.25, -0.2) is 4.79 Å². The zero-order valence-corrected chi connectivity index (χ0v) is 17.1. The van der Waals surface area contributed by atoms with Gasteiger partial charge in [-0.2, -0.15) is 8.78 Å². The summed E-state index contributed by atoms with van der Waals surface area (Å²) in [7, 11) is 0. The van der Waals surface area contributed by atoms with Crippen LogP contribution in [0.25, 0.3) is 0 Å². The minimum Gasteiger partial charge on any atom is -0.452 e. The average molecular weight is 460 g/mol. The highest BCUT2D eigenvalue weighted by molar-refractivity contribution is 6.05. The zero-order valence-electron chi connectivity index (χ0n) is 17.1. The molecular formula is C22H18F2N2O7. The van der Waals surface area contributed by atoms with E-state index in [1.807, 2.05) is 5.32 Å². The molecule has 1 aliphatic rings. The molecule has 172 valence electrons. The van der Waals surface area contributed by atoms with Crippen molar-refractivity contribution in [2.24, 2.45) is 0 Å². The van der Waals surface area contributed by atoms with Gasteiger partial charge in [0.25, 0.3) is 11.8 Å². The first-order chi connectivity index (χ1) is 15.7. The minimum atomic E-state index is -3.00. The van der Waals surface area contributed by atoms with E-state index in [2.05, 4.69) is 4.74 Å². The smallest absolute Gasteiger partial charge is 0.387 e. The summed E-state index contributed by atoms with van der Waals surface area (Å²) >= 11 is 0. The van der Waals surface area contributed by atoms with E-state index in [0.29, 0.717) is 5.56 Å². The lowest BCUT2D eigenvalue weighted by Crippen LogP contribution is -2.34. The highest BCUT2D eigenvalue weighted by atomic mass is 19.3. The number of amides is 4. The molecule has 0 radical (unpaired) electrons. The maximum absolute atomic E-state index is 12.1. The van der Waals surface area contributed by atoms with E-state index in [1.54, 1.807) is 12.1 Å². The lowest BCUT2D eigenvalue weighted by atomic mass is 10.1. The predicted octanol–water partition coefficient (Wildman–Crippen LogP) is 2.05. The summed E-state index contributed by atoms with van der Waals surface area (Å²) in [5.41, 5.74) is 0.789. The number of nitrogens with one attached hydrogen (secondary N) is 1. The Balaban J connectivity index is 1.46. The van der Waals surface area contributed by atoms with E-state index in [0.717, 1.165) is 17.0 Å². The molecule has 0 aliphatic carbocycles. The van der Waals surface area contributed by atoms with E-state index in [-0.39, 0.29) is 48.1 Å². The van der Waals surface area contributed by atoms with Crippen molar-refractivity contribution in [1.82, 2.24) is 10.2 Å². The summed E-state index contributed by atoms with van der Waals surface area (Å²) in [5, 5.41) is 2.01. The number of ether oxygens (including phenoxy) is 2. The molecule has 2 aromatic rings. The van der Waals surface area contributed by atoms with Crippen molar-refractivity contribution in [1.29, 1.82) is 0 Å². The summed E-state index contributed by atoms with van der Waals surface area (Å²) in [5.74, 6) is -3.15. The summed E-state index contributed by atoms with van der Waals surface area (Å²) in [4.78, 5) is 60.5. The molecule has 1 heterocycles. The number of alkyl halides is 2. The quantitative estimate of drug-likeness (QED) is 0.473. The topological polar surface area (TPSA) is 119 Å². The number of imide groups is 2. The number of rotatable bonds is 8. The number of hydrogen-bond donors (Lipinski definition) is 1. The molecule has 33 heavy (non-hydrogen) atoms. The fourth-order valence-electron chi connectivity index (χ4n) is 2.97. The lowest BCUT2D eigenvalue weighted by Gasteiger charge is -2.13. The van der Waals surface area contributed by atoms with Gasteiger partial charge in [0.15, 0.2) is 6.61 Å². The van der Waals surface area contributed by atoms with Crippen LogP contribution in [-0.4, -0.2) is 47.7 Å². The molecule has 1 N–H and O–H groups in total. The van der Waals surface area contributed by atoms with Crippen LogP contribution in [-0.2, 0) is 25.7 Å². The van der Waals surface area contributed by atoms with Crippen molar-refractivity contribution in [3.8, 4) is 5.75 Å². The van der Waals surface area contributed by atoms with Crippen molar-refractivity contribution in [3.05, 3.63) is 65.2 Å². The fraction of sp³-hybridized carbons (Fsp3) is 0.227. The number of carbonyl (C=O) groups excluding carboxylic acids is 5. The van der Waals surface area contributed by atoms with Crippen LogP contribution in [0.4, 0.5) is 8.78 Å². The number of nitrogens with zero attached hydrogens (tertiary/aromatic N) is 1. The molecule has 9 nitrogen and oxygen atoms in total. The largest absolute Gasteiger partial charge is 0.452 e. The number of esters is 1. The van der Waals surface area contributed by atoms with Gasteiger partial charge in [0.1, 0.15) is 5.75 Å². The average Bonchev–Trinajstić information content (AvgIpc) is 3.10. The van der Waals surface area contributed by atoms with E-state index in [4.69, 9.17) is 4.74 Å². The molecule has 1 fully saturated rings. The number of likely N-dealkylation sites (tertiary alicyclic amines) is 1. The van der Waals surface area contributed by atoms with E-state index in [1.165, 1.54) is 24.3 Å². The van der Waals surface area contributed by atoms with Crippen LogP contribution in [0.5, 0.6) is 5.75 Å². The minimum absolute atomic E-state index is 0.0156. The number of carbonyl (C=O) groups is 5. The molecular weight excluding hydrogens is 442 g/mol. The van der Waals surface area contributed by atoms with E-state index >= 15 is 0 Å². The molecule has 0 bridgehead atoms. The van der Waals surface area contributed by atoms with Gasteiger partial charge < -0.3 is 9.47 Å². The van der Waals surface area contributed by atoms with Gasteiger partial charge in [0.2, 0.25) is 11.8 Å². The highest BCUT2D eigenvalue weighted by Crippen LogP contribution is 2.17. The van der Waals surface area contributed by atoms with Crippen molar-refractivity contribution >= 4 is 29.6 Å². The zero-order chi connectivity index (χ0) is 24.0. The Kier molecular flexibility index (Phi) is 7.44. The Labute approximate surface area is 186 Å². The van der Waals surface area contributed by atoms with Crippen molar-refractivity contribution in [2.75, 3.05) is 6.61 Å². The Morgan fingerprint density at radius 3 is 2.06 bits per heavy atom. The molecule has 3 rings (SSSR count). The lowest BCUT2D eigenvalue weighted by molar-refractivity contribution is -0.139. The van der Waals surface area contributed by atoms with Gasteiger partial charge in [-0.15, -0.1) is 0 Å². The molecule has 0 atom stereocenters. The maximum atomic E-state index is 12.1. The first kappa shape index (κ1) is 23.5. The van der Waals surface area contributed by atoms with Crippen LogP contribution >= 0.6 is 0 Å². The van der Waals surface area contributed by atoms with Gasteiger partial charge in [-0.1, -0.05) is 12.1 Å². The summed E-state index contributed by atoms with van der Waals surface area (Å²) in [6, 6.07) is 10.6. The fourth-order valence-corrected chi connectivity index (χ4v) is 2.97. The monoisotopic (exact) mass is 460 g/mol. The second kappa shape index (κ2) is 10.4. The van der Waals surface area contributed by atoms with Gasteiger partial charge >= 0.3 is 12.6 Å². The molecule has 0 spiro atoms. The summed E-state index contributed by atoms with van der Waals surface area (Å²) < 4.78 is 33.3. The van der Waals surface area contributed by atoms with Gasteiger partial charge in [-0.05, 0) is 42.0 Å². The van der Waals surface area contributed by atoms with E-state index < -0.39 is 31.0 Å². The van der Waals surface area contributed by atoms with Crippen LogP contribution < -0.4 is 10.1 Å². The molecule has 4 amide bonds. The van der Waals surface area contributed by atoms with Crippen molar-refractivity contribution in [2.45, 2.75) is 26.0 Å². The third kappa shape index (κ3) is 6.42. The van der Waals surface area contributed by atoms with Gasteiger partial charge in [0.05, 0.1) is 12.1 Å². The van der Waals surface area contributed by atoms with Crippen LogP contribution in [0, 0.1) is 0 Å². The van der Waals surface area contributed by atoms with Crippen molar-refractivity contribution < 1.29 is 42.2 Å². The van der Waals surface area contributed by atoms with E-state index in [9.17, 15) is 32.8 Å². The summed E-state index contributed by atoms with van der Waals surface area (Å²) in [6.07, 6.45) is 0.373. The molecule has 0 unspecified atom stereocenters. The first-order valence-electron chi connectivity index (χ1n) is 9.71. The number of benzene rings is 2. The normalized spacial score (nSPS) is 13.2. The van der Waals surface area contributed by atoms with Crippen molar-refractivity contribution in [3.63, 3.8) is 0 Å². The Morgan fingerprint density at radius 2 is 1.48 bits per heavy atom. The maximum Gasteiger partial charge on any atom is 0.387 e. The highest BCUT2D eigenvalue weighted by Gasteiger charge is 2.28. The molecule has 1 aliphatic heterocycles. The standard InChI is InChI=1S/C22H18F2N2O7/c23-22(24)33-16-7-5-14(6-8-16)20(30)25-17(27)12-32-21(31)15-3-1-13(2-4-15)11-26-18(28)9-10-19(26)29/h1-8,22H,9-12H2,(H,25,27,30). The van der Waals surface area contributed by atoms with Crippen LogP contribution in [0.1, 0.15) is 39.1 Å². The van der Waals surface area contributed by atoms with Crippen LogP contribution in [0.3, 0.4) is 0 Å². The predicted molar refractivity (Wildman–Crippen MR) is 107 cm³/mol. The molecule has 11 heteroatoms. The molecule has 0 saturated carbocycles. The third-order valence-electron chi connectivity index (χ3n) is 4.61. The Hall–Kier alpha value is -4.15. The second-order valence-corrected chi connectivity index (χ2v) is 6.93. The van der Waals surface area contributed by atoms with Gasteiger partial charge in [0, 0.05) is 18.4 Å². The third-order valence-corrected chi connectivity index (χ3v) is 4.61.